The summed E-state index contributed by atoms with van der Waals surface area (Å²) in [5.41, 5.74) is 2.67. The SMILES string of the molecule is CC(NC(=O)Cn1c(COc2ccccc2)nc2ccccc21)c1ccc2c(c1)OCO2. The van der Waals surface area contributed by atoms with E-state index in [0.717, 1.165) is 28.1 Å². The summed E-state index contributed by atoms with van der Waals surface area (Å²) >= 11 is 0. The van der Waals surface area contributed by atoms with Gasteiger partial charge in [-0.1, -0.05) is 36.4 Å². The van der Waals surface area contributed by atoms with Crippen LogP contribution >= 0.6 is 0 Å². The van der Waals surface area contributed by atoms with Crippen LogP contribution in [-0.2, 0) is 17.9 Å². The maximum Gasteiger partial charge on any atom is 0.240 e. The van der Waals surface area contributed by atoms with E-state index >= 15 is 0 Å². The highest BCUT2D eigenvalue weighted by Gasteiger charge is 2.19. The van der Waals surface area contributed by atoms with E-state index in [0.29, 0.717) is 11.6 Å². The second-order valence-corrected chi connectivity index (χ2v) is 7.61. The Bertz CT molecular complexity index is 1250. The normalized spacial score (nSPS) is 13.2. The summed E-state index contributed by atoms with van der Waals surface area (Å²) in [6, 6.07) is 22.9. The van der Waals surface area contributed by atoms with Gasteiger partial charge in [-0.2, -0.15) is 0 Å². The van der Waals surface area contributed by atoms with Gasteiger partial charge in [-0.3, -0.25) is 4.79 Å². The summed E-state index contributed by atoms with van der Waals surface area (Å²) < 4.78 is 18.6. The average molecular weight is 429 g/mol. The van der Waals surface area contributed by atoms with Gasteiger partial charge in [0.25, 0.3) is 0 Å². The van der Waals surface area contributed by atoms with Crippen LogP contribution in [0, 0.1) is 0 Å². The standard InChI is InChI=1S/C25H23N3O4/c1-17(18-11-12-22-23(13-18)32-16-31-22)26-25(29)14-28-21-10-6-5-9-20(21)27-24(28)15-30-19-7-3-2-4-8-19/h2-13,17H,14-16H2,1H3,(H,26,29). The molecule has 1 N–H and O–H groups in total. The van der Waals surface area contributed by atoms with Crippen molar-refractivity contribution in [3.05, 3.63) is 84.2 Å². The maximum atomic E-state index is 12.9. The molecule has 1 aliphatic heterocycles. The number of rotatable bonds is 7. The van der Waals surface area contributed by atoms with E-state index in [9.17, 15) is 4.79 Å². The number of carbonyl (C=O) groups excluding carboxylic acids is 1. The van der Waals surface area contributed by atoms with Gasteiger partial charge >= 0.3 is 0 Å². The van der Waals surface area contributed by atoms with Gasteiger partial charge in [0.1, 0.15) is 24.7 Å². The van der Waals surface area contributed by atoms with Crippen LogP contribution in [0.2, 0.25) is 0 Å². The lowest BCUT2D eigenvalue weighted by atomic mass is 10.1. The Hall–Kier alpha value is -4.00. The van der Waals surface area contributed by atoms with E-state index in [4.69, 9.17) is 14.2 Å². The largest absolute Gasteiger partial charge is 0.486 e. The summed E-state index contributed by atoms with van der Waals surface area (Å²) in [7, 11) is 0. The molecule has 5 rings (SSSR count). The molecule has 1 aromatic heterocycles. The summed E-state index contributed by atoms with van der Waals surface area (Å²) in [5, 5.41) is 3.07. The quantitative estimate of drug-likeness (QED) is 0.476. The summed E-state index contributed by atoms with van der Waals surface area (Å²) in [6.07, 6.45) is 0. The number of aromatic nitrogens is 2. The van der Waals surface area contributed by atoms with E-state index < -0.39 is 0 Å². The highest BCUT2D eigenvalue weighted by Crippen LogP contribution is 2.34. The van der Waals surface area contributed by atoms with Gasteiger partial charge in [0, 0.05) is 0 Å². The van der Waals surface area contributed by atoms with E-state index in [-0.39, 0.29) is 31.9 Å². The number of hydrogen-bond donors (Lipinski definition) is 1. The highest BCUT2D eigenvalue weighted by molar-refractivity contribution is 5.81. The second-order valence-electron chi connectivity index (χ2n) is 7.61. The zero-order chi connectivity index (χ0) is 21.9. The Morgan fingerprint density at radius 1 is 1.06 bits per heavy atom. The molecule has 0 saturated heterocycles. The van der Waals surface area contributed by atoms with Crippen LogP contribution in [0.4, 0.5) is 0 Å². The third-order valence-corrected chi connectivity index (χ3v) is 5.42. The predicted octanol–water partition coefficient (Wildman–Crippen LogP) is 4.22. The molecule has 0 spiro atoms. The van der Waals surface area contributed by atoms with Crippen molar-refractivity contribution in [2.75, 3.05) is 6.79 Å². The van der Waals surface area contributed by atoms with Crippen LogP contribution in [0.3, 0.4) is 0 Å². The predicted molar refractivity (Wildman–Crippen MR) is 120 cm³/mol. The lowest BCUT2D eigenvalue weighted by molar-refractivity contribution is -0.122. The van der Waals surface area contributed by atoms with Gasteiger partial charge in [0.15, 0.2) is 11.5 Å². The van der Waals surface area contributed by atoms with Crippen molar-refractivity contribution >= 4 is 16.9 Å². The lowest BCUT2D eigenvalue weighted by Crippen LogP contribution is -2.30. The third kappa shape index (κ3) is 4.09. The van der Waals surface area contributed by atoms with E-state index in [1.807, 2.05) is 84.3 Å². The first kappa shape index (κ1) is 19.9. The van der Waals surface area contributed by atoms with Gasteiger partial charge in [0.05, 0.1) is 17.1 Å². The Labute approximate surface area is 185 Å². The van der Waals surface area contributed by atoms with E-state index in [1.54, 1.807) is 0 Å². The molecule has 1 aliphatic rings. The van der Waals surface area contributed by atoms with Crippen LogP contribution < -0.4 is 19.5 Å². The Kier molecular flexibility index (Phi) is 5.37. The molecule has 0 fully saturated rings. The number of nitrogens with one attached hydrogen (secondary N) is 1. The van der Waals surface area contributed by atoms with Gasteiger partial charge in [-0.25, -0.2) is 4.98 Å². The fraction of sp³-hybridized carbons (Fsp3) is 0.200. The smallest absolute Gasteiger partial charge is 0.240 e. The average Bonchev–Trinajstić information content (AvgIpc) is 3.42. The summed E-state index contributed by atoms with van der Waals surface area (Å²) in [5.74, 6) is 2.76. The van der Waals surface area contributed by atoms with Gasteiger partial charge in [-0.15, -0.1) is 0 Å². The molecule has 4 aromatic rings. The molecule has 7 nitrogen and oxygen atoms in total. The number of amides is 1. The zero-order valence-electron chi connectivity index (χ0n) is 17.7. The molecule has 0 bridgehead atoms. The number of hydrogen-bond acceptors (Lipinski definition) is 5. The molecule has 32 heavy (non-hydrogen) atoms. The molecular formula is C25H23N3O4. The second kappa shape index (κ2) is 8.63. The molecule has 1 amide bonds. The van der Waals surface area contributed by atoms with Gasteiger partial charge < -0.3 is 24.1 Å². The molecule has 7 heteroatoms. The van der Waals surface area contributed by atoms with Crippen LogP contribution in [0.25, 0.3) is 11.0 Å². The topological polar surface area (TPSA) is 74.6 Å². The molecule has 2 heterocycles. The van der Waals surface area contributed by atoms with Crippen molar-refractivity contribution in [1.82, 2.24) is 14.9 Å². The monoisotopic (exact) mass is 429 g/mol. The van der Waals surface area contributed by atoms with E-state index in [1.165, 1.54) is 0 Å². The molecule has 0 radical (unpaired) electrons. The molecule has 1 unspecified atom stereocenters. The fourth-order valence-corrected chi connectivity index (χ4v) is 3.77. The number of carbonyl (C=O) groups is 1. The minimum absolute atomic E-state index is 0.112. The van der Waals surface area contributed by atoms with Crippen LogP contribution in [0.5, 0.6) is 17.2 Å². The van der Waals surface area contributed by atoms with E-state index in [2.05, 4.69) is 10.3 Å². The summed E-state index contributed by atoms with van der Waals surface area (Å²) in [6.45, 7) is 2.58. The number of benzene rings is 3. The van der Waals surface area contributed by atoms with Crippen molar-refractivity contribution in [1.29, 1.82) is 0 Å². The fourth-order valence-electron chi connectivity index (χ4n) is 3.77. The summed E-state index contributed by atoms with van der Waals surface area (Å²) in [4.78, 5) is 17.6. The molecule has 3 aromatic carbocycles. The number of imidazole rings is 1. The maximum absolute atomic E-state index is 12.9. The molecular weight excluding hydrogens is 406 g/mol. The third-order valence-electron chi connectivity index (χ3n) is 5.42. The zero-order valence-corrected chi connectivity index (χ0v) is 17.7. The molecule has 0 aliphatic carbocycles. The number of fused-ring (bicyclic) bond motifs is 2. The van der Waals surface area contributed by atoms with Gasteiger partial charge in [-0.05, 0) is 48.9 Å². The van der Waals surface area contributed by atoms with Crippen molar-refractivity contribution in [3.63, 3.8) is 0 Å². The van der Waals surface area contributed by atoms with Crippen LogP contribution in [-0.4, -0.2) is 22.3 Å². The number of nitrogens with zero attached hydrogens (tertiary/aromatic N) is 2. The van der Waals surface area contributed by atoms with Crippen molar-refractivity contribution in [3.8, 4) is 17.2 Å². The first-order valence-corrected chi connectivity index (χ1v) is 10.5. The molecule has 0 saturated carbocycles. The van der Waals surface area contributed by atoms with Crippen molar-refractivity contribution in [2.45, 2.75) is 26.1 Å². The first-order chi connectivity index (χ1) is 15.7. The van der Waals surface area contributed by atoms with Crippen molar-refractivity contribution < 1.29 is 19.0 Å². The van der Waals surface area contributed by atoms with Crippen LogP contribution in [0.15, 0.2) is 72.8 Å². The van der Waals surface area contributed by atoms with Crippen LogP contribution in [0.1, 0.15) is 24.4 Å². The number of para-hydroxylation sites is 3. The highest BCUT2D eigenvalue weighted by atomic mass is 16.7. The lowest BCUT2D eigenvalue weighted by Gasteiger charge is -2.16. The first-order valence-electron chi connectivity index (χ1n) is 10.5. The van der Waals surface area contributed by atoms with Crippen molar-refractivity contribution in [2.24, 2.45) is 0 Å². The minimum atomic E-state index is -0.184. The molecule has 162 valence electrons. The van der Waals surface area contributed by atoms with Gasteiger partial charge in [0.2, 0.25) is 12.7 Å². The Balaban J connectivity index is 1.32. The minimum Gasteiger partial charge on any atom is -0.486 e. The Morgan fingerprint density at radius 2 is 1.84 bits per heavy atom. The Morgan fingerprint density at radius 3 is 2.72 bits per heavy atom. The number of ether oxygens (including phenoxy) is 3. The molecule has 1 atom stereocenters.